The van der Waals surface area contributed by atoms with E-state index in [0.717, 1.165) is 23.2 Å². The van der Waals surface area contributed by atoms with Gasteiger partial charge in [-0.25, -0.2) is 0 Å². The lowest BCUT2D eigenvalue weighted by Gasteiger charge is -2.40. The number of rotatable bonds is 6. The highest BCUT2D eigenvalue weighted by Crippen LogP contribution is 2.59. The van der Waals surface area contributed by atoms with Gasteiger partial charge in [-0.15, -0.1) is 0 Å². The zero-order chi connectivity index (χ0) is 27.4. The molecule has 4 heterocycles. The molecule has 38 heavy (non-hydrogen) atoms. The van der Waals surface area contributed by atoms with Crippen molar-refractivity contribution in [3.63, 3.8) is 0 Å². The summed E-state index contributed by atoms with van der Waals surface area (Å²) in [4.78, 5) is 48.0. The lowest BCUT2D eigenvalue weighted by Crippen LogP contribution is -2.58. The van der Waals surface area contributed by atoms with Gasteiger partial charge in [0.1, 0.15) is 11.6 Å². The summed E-state index contributed by atoms with van der Waals surface area (Å²) in [6.07, 6.45) is 8.99. The monoisotopic (exact) mass is 521 g/mol. The Morgan fingerprint density at radius 3 is 2.32 bits per heavy atom. The van der Waals surface area contributed by atoms with E-state index in [0.29, 0.717) is 26.1 Å². The van der Waals surface area contributed by atoms with Crippen molar-refractivity contribution in [1.82, 2.24) is 9.80 Å². The SMILES string of the molecule is CCCN1CC=C[C@@]2(CC)O[C@]34C=CCN(c5c(C)cccc5C)C(=O)C3N([C@H](C)CO)C(=O)[C@@H]4[C@H]2C1=O. The topological polar surface area (TPSA) is 90.4 Å². The van der Waals surface area contributed by atoms with Gasteiger partial charge in [-0.1, -0.05) is 56.4 Å². The number of fused-ring (bicyclic) bond motifs is 2. The van der Waals surface area contributed by atoms with E-state index in [1.165, 1.54) is 4.90 Å². The van der Waals surface area contributed by atoms with Crippen LogP contribution in [0.2, 0.25) is 0 Å². The van der Waals surface area contributed by atoms with E-state index in [1.54, 1.807) is 16.7 Å². The molecule has 2 fully saturated rings. The molecule has 5 rings (SSSR count). The summed E-state index contributed by atoms with van der Waals surface area (Å²) in [6, 6.07) is 4.28. The summed E-state index contributed by atoms with van der Waals surface area (Å²) in [7, 11) is 0. The molecular formula is C30H39N3O5. The number of amides is 3. The largest absolute Gasteiger partial charge is 0.394 e. The van der Waals surface area contributed by atoms with E-state index in [-0.39, 0.29) is 24.3 Å². The molecule has 1 aromatic rings. The van der Waals surface area contributed by atoms with Crippen LogP contribution in [0.4, 0.5) is 5.69 Å². The number of carbonyl (C=O) groups is 3. The Kier molecular flexibility index (Phi) is 6.76. The Morgan fingerprint density at radius 1 is 1.00 bits per heavy atom. The lowest BCUT2D eigenvalue weighted by atomic mass is 9.73. The Hall–Kier alpha value is -2.97. The van der Waals surface area contributed by atoms with Crippen LogP contribution < -0.4 is 4.90 Å². The normalized spacial score (nSPS) is 33.3. The van der Waals surface area contributed by atoms with Gasteiger partial charge in [0, 0.05) is 25.3 Å². The molecule has 1 spiro atoms. The predicted molar refractivity (Wildman–Crippen MR) is 144 cm³/mol. The van der Waals surface area contributed by atoms with E-state index in [9.17, 15) is 19.5 Å². The molecule has 1 N–H and O–H groups in total. The first kappa shape index (κ1) is 26.6. The minimum atomic E-state index is -1.32. The van der Waals surface area contributed by atoms with Crippen LogP contribution in [-0.4, -0.2) is 82.2 Å². The van der Waals surface area contributed by atoms with E-state index in [2.05, 4.69) is 0 Å². The summed E-state index contributed by atoms with van der Waals surface area (Å²) in [6.45, 7) is 10.8. The van der Waals surface area contributed by atoms with Crippen LogP contribution in [0.15, 0.2) is 42.5 Å². The highest BCUT2D eigenvalue weighted by atomic mass is 16.5. The van der Waals surface area contributed by atoms with E-state index in [1.807, 2.05) is 70.2 Å². The number of ether oxygens (including phenoxy) is 1. The van der Waals surface area contributed by atoms with Gasteiger partial charge in [-0.05, 0) is 44.7 Å². The maximum atomic E-state index is 14.6. The molecule has 6 atom stereocenters. The Balaban J connectivity index is 1.70. The third-order valence-electron chi connectivity index (χ3n) is 8.90. The molecule has 0 saturated carbocycles. The average molecular weight is 522 g/mol. The summed E-state index contributed by atoms with van der Waals surface area (Å²) in [5.74, 6) is -2.30. The second-order valence-corrected chi connectivity index (χ2v) is 11.2. The van der Waals surface area contributed by atoms with Crippen LogP contribution in [0.3, 0.4) is 0 Å². The Morgan fingerprint density at radius 2 is 1.68 bits per heavy atom. The maximum absolute atomic E-state index is 14.6. The number of aliphatic hydroxyl groups is 1. The van der Waals surface area contributed by atoms with Crippen LogP contribution in [0.5, 0.6) is 0 Å². The maximum Gasteiger partial charge on any atom is 0.253 e. The molecule has 4 aliphatic heterocycles. The van der Waals surface area contributed by atoms with Crippen LogP contribution in [-0.2, 0) is 19.1 Å². The first-order chi connectivity index (χ1) is 18.2. The van der Waals surface area contributed by atoms with Crippen molar-refractivity contribution in [3.05, 3.63) is 53.6 Å². The Bertz CT molecular complexity index is 1190. The molecule has 4 aliphatic rings. The van der Waals surface area contributed by atoms with E-state index >= 15 is 0 Å². The fourth-order valence-corrected chi connectivity index (χ4v) is 7.22. The smallest absolute Gasteiger partial charge is 0.253 e. The molecule has 0 aliphatic carbocycles. The van der Waals surface area contributed by atoms with Gasteiger partial charge in [0.2, 0.25) is 11.8 Å². The molecule has 204 valence electrons. The fourth-order valence-electron chi connectivity index (χ4n) is 7.22. The van der Waals surface area contributed by atoms with Crippen molar-refractivity contribution in [2.45, 2.75) is 70.7 Å². The van der Waals surface area contributed by atoms with Gasteiger partial charge >= 0.3 is 0 Å². The zero-order valence-electron chi connectivity index (χ0n) is 23.0. The van der Waals surface area contributed by atoms with Crippen LogP contribution >= 0.6 is 0 Å². The Labute approximate surface area is 224 Å². The molecule has 8 nitrogen and oxygen atoms in total. The second kappa shape index (κ2) is 9.65. The molecule has 0 aromatic heterocycles. The average Bonchev–Trinajstić information content (AvgIpc) is 3.20. The highest BCUT2D eigenvalue weighted by Gasteiger charge is 2.75. The minimum absolute atomic E-state index is 0.108. The van der Waals surface area contributed by atoms with Crippen molar-refractivity contribution in [2.75, 3.05) is 31.1 Å². The van der Waals surface area contributed by atoms with Gasteiger partial charge in [0.05, 0.1) is 30.1 Å². The number of likely N-dealkylation sites (tertiary alicyclic amines) is 1. The van der Waals surface area contributed by atoms with Crippen LogP contribution in [0.25, 0.3) is 0 Å². The van der Waals surface area contributed by atoms with Crippen molar-refractivity contribution in [3.8, 4) is 0 Å². The van der Waals surface area contributed by atoms with Crippen molar-refractivity contribution >= 4 is 23.4 Å². The molecule has 2 saturated heterocycles. The summed E-state index contributed by atoms with van der Waals surface area (Å²) in [5, 5.41) is 10.2. The lowest BCUT2D eigenvalue weighted by molar-refractivity contribution is -0.152. The molecular weight excluding hydrogens is 482 g/mol. The van der Waals surface area contributed by atoms with Gasteiger partial charge in [-0.2, -0.15) is 0 Å². The molecule has 8 heteroatoms. The number of aliphatic hydroxyl groups excluding tert-OH is 1. The molecule has 1 unspecified atom stereocenters. The van der Waals surface area contributed by atoms with E-state index < -0.39 is 35.1 Å². The van der Waals surface area contributed by atoms with Gasteiger partial charge < -0.3 is 24.5 Å². The van der Waals surface area contributed by atoms with Gasteiger partial charge in [0.25, 0.3) is 5.91 Å². The third kappa shape index (κ3) is 3.60. The second-order valence-electron chi connectivity index (χ2n) is 11.2. The molecule has 0 radical (unpaired) electrons. The summed E-state index contributed by atoms with van der Waals surface area (Å²) >= 11 is 0. The number of aryl methyl sites for hydroxylation is 2. The third-order valence-corrected chi connectivity index (χ3v) is 8.90. The quantitative estimate of drug-likeness (QED) is 0.582. The number of anilines is 1. The summed E-state index contributed by atoms with van der Waals surface area (Å²) < 4.78 is 6.97. The molecule has 1 aromatic carbocycles. The first-order valence-corrected chi connectivity index (χ1v) is 13.8. The van der Waals surface area contributed by atoms with Crippen molar-refractivity contribution in [2.24, 2.45) is 11.8 Å². The zero-order valence-corrected chi connectivity index (χ0v) is 23.0. The van der Waals surface area contributed by atoms with Crippen LogP contribution in [0.1, 0.15) is 44.7 Å². The highest BCUT2D eigenvalue weighted by molar-refractivity contribution is 6.06. The fraction of sp³-hybridized carbons (Fsp3) is 0.567. The van der Waals surface area contributed by atoms with Gasteiger partial charge in [-0.3, -0.25) is 14.4 Å². The predicted octanol–water partition coefficient (Wildman–Crippen LogP) is 2.76. The number of benzene rings is 1. The number of hydrogen-bond donors (Lipinski definition) is 1. The molecule has 3 amide bonds. The number of nitrogens with zero attached hydrogens (tertiary/aromatic N) is 3. The molecule has 0 bridgehead atoms. The first-order valence-electron chi connectivity index (χ1n) is 13.8. The number of carbonyl (C=O) groups excluding carboxylic acids is 3. The van der Waals surface area contributed by atoms with Crippen molar-refractivity contribution in [1.29, 1.82) is 0 Å². The summed E-state index contributed by atoms with van der Waals surface area (Å²) in [5.41, 5.74) is 0.417. The van der Waals surface area contributed by atoms with Crippen molar-refractivity contribution < 1.29 is 24.2 Å². The van der Waals surface area contributed by atoms with Gasteiger partial charge in [0.15, 0.2) is 0 Å². The van der Waals surface area contributed by atoms with E-state index in [4.69, 9.17) is 4.74 Å². The minimum Gasteiger partial charge on any atom is -0.394 e. The number of hydrogen-bond acceptors (Lipinski definition) is 5. The number of para-hydroxylation sites is 1. The van der Waals surface area contributed by atoms with Crippen LogP contribution in [0, 0.1) is 25.7 Å². The standard InChI is InChI=1S/C30H39N3O5/c1-6-15-31-16-9-13-29(7-2)22(26(31)35)23-27(36)33(21(5)18-34)25-28(37)32(17-10-14-30(23,25)38-29)24-19(3)11-8-12-20(24)4/h8-14,21-23,25,34H,6-7,15-18H2,1-5H3/t21-,22+,23+,25?,29-,30+/m1/s1.